The zero-order valence-corrected chi connectivity index (χ0v) is 23.4. The highest BCUT2D eigenvalue weighted by molar-refractivity contribution is 5.89. The first kappa shape index (κ1) is 28.7. The number of aliphatic hydroxyl groups excluding tert-OH is 2. The van der Waals surface area contributed by atoms with Crippen LogP contribution in [-0.2, 0) is 10.2 Å². The molecular formula is C27H40N8O4. The fourth-order valence-electron chi connectivity index (χ4n) is 4.62. The third-order valence-corrected chi connectivity index (χ3v) is 7.07. The fourth-order valence-corrected chi connectivity index (χ4v) is 4.62. The number of aliphatic hydroxyl groups is 2. The molecule has 1 aromatic carbocycles. The van der Waals surface area contributed by atoms with Crippen molar-refractivity contribution in [2.24, 2.45) is 0 Å². The highest BCUT2D eigenvalue weighted by atomic mass is 16.6. The van der Waals surface area contributed by atoms with Gasteiger partial charge in [-0.15, -0.1) is 0 Å². The molecule has 1 saturated heterocycles. The number of nitrogens with two attached hydrogens (primary N) is 1. The van der Waals surface area contributed by atoms with Crippen LogP contribution in [0.1, 0.15) is 52.8 Å². The Morgan fingerprint density at radius 3 is 2.46 bits per heavy atom. The Kier molecular flexibility index (Phi) is 8.12. The number of hydrogen-bond donors (Lipinski definition) is 5. The topological polar surface area (TPSA) is 164 Å². The van der Waals surface area contributed by atoms with Crippen molar-refractivity contribution in [1.82, 2.24) is 29.7 Å². The highest BCUT2D eigenvalue weighted by Gasteiger charge is 2.44. The second-order valence-electron chi connectivity index (χ2n) is 11.9. The number of anilines is 2. The zero-order valence-electron chi connectivity index (χ0n) is 23.4. The summed E-state index contributed by atoms with van der Waals surface area (Å²) in [6.07, 6.45) is -0.333. The van der Waals surface area contributed by atoms with Crippen molar-refractivity contribution >= 4 is 28.7 Å². The van der Waals surface area contributed by atoms with Gasteiger partial charge in [-0.05, 0) is 50.4 Å². The minimum atomic E-state index is -1.17. The number of nitrogens with one attached hydrogen (secondary N) is 2. The van der Waals surface area contributed by atoms with E-state index in [1.807, 2.05) is 50.1 Å². The summed E-state index contributed by atoms with van der Waals surface area (Å²) in [6, 6.07) is 7.59. The van der Waals surface area contributed by atoms with Crippen LogP contribution in [0.3, 0.4) is 0 Å². The summed E-state index contributed by atoms with van der Waals surface area (Å²) in [4.78, 5) is 27.0. The van der Waals surface area contributed by atoms with Gasteiger partial charge in [-0.2, -0.15) is 0 Å². The number of fused-ring (bicyclic) bond motifs is 1. The summed E-state index contributed by atoms with van der Waals surface area (Å²) in [5.74, 6) is 0.228. The van der Waals surface area contributed by atoms with Crippen LogP contribution < -0.4 is 16.4 Å². The van der Waals surface area contributed by atoms with Gasteiger partial charge in [0.05, 0.1) is 6.33 Å². The number of rotatable bonds is 8. The van der Waals surface area contributed by atoms with Gasteiger partial charge >= 0.3 is 6.03 Å². The number of aromatic nitrogens is 4. The maximum atomic E-state index is 12.6. The number of urea groups is 1. The molecule has 0 saturated carbocycles. The van der Waals surface area contributed by atoms with Gasteiger partial charge in [-0.25, -0.2) is 19.7 Å². The molecule has 1 aliphatic rings. The van der Waals surface area contributed by atoms with E-state index >= 15 is 0 Å². The maximum absolute atomic E-state index is 12.6. The van der Waals surface area contributed by atoms with Crippen LogP contribution >= 0.6 is 0 Å². The fraction of sp³-hybridized carbons (Fsp3) is 0.556. The summed E-state index contributed by atoms with van der Waals surface area (Å²) >= 11 is 0. The van der Waals surface area contributed by atoms with E-state index in [0.29, 0.717) is 30.7 Å². The molecule has 12 heteroatoms. The van der Waals surface area contributed by atoms with Gasteiger partial charge in [0.25, 0.3) is 0 Å². The van der Waals surface area contributed by atoms with Crippen molar-refractivity contribution in [2.75, 3.05) is 31.2 Å². The normalized spacial score (nSPS) is 22.0. The number of nitrogen functional groups attached to an aromatic ring is 1. The lowest BCUT2D eigenvalue weighted by atomic mass is 9.87. The smallest absolute Gasteiger partial charge is 0.319 e. The lowest BCUT2D eigenvalue weighted by molar-refractivity contribution is -0.0424. The second-order valence-corrected chi connectivity index (χ2v) is 11.9. The Hall–Kier alpha value is -3.32. The van der Waals surface area contributed by atoms with Gasteiger partial charge < -0.3 is 36.2 Å². The van der Waals surface area contributed by atoms with Crippen molar-refractivity contribution in [3.05, 3.63) is 42.5 Å². The van der Waals surface area contributed by atoms with Gasteiger partial charge in [0.1, 0.15) is 30.2 Å². The second kappa shape index (κ2) is 11.0. The Morgan fingerprint density at radius 1 is 1.10 bits per heavy atom. The number of carbonyl (C=O) groups excluding carboxylic acids is 1. The quantitative estimate of drug-likeness (QED) is 0.288. The lowest BCUT2D eigenvalue weighted by Gasteiger charge is -2.30. The van der Waals surface area contributed by atoms with E-state index in [4.69, 9.17) is 10.5 Å². The molecule has 0 unspecified atom stereocenters. The minimum Gasteiger partial charge on any atom is -0.387 e. The molecule has 0 bridgehead atoms. The van der Waals surface area contributed by atoms with Crippen LogP contribution in [0.5, 0.6) is 0 Å². The van der Waals surface area contributed by atoms with E-state index in [-0.39, 0.29) is 17.3 Å². The summed E-state index contributed by atoms with van der Waals surface area (Å²) in [5, 5.41) is 27.3. The highest BCUT2D eigenvalue weighted by Crippen LogP contribution is 2.32. The number of carbonyl (C=O) groups is 1. The standard InChI is InChI=1S/C27H40N8O4/c1-26(2,3)16-7-9-17(10-8-16)32-25(38)33-27(4,5)11-12-34(6)13-18-20(36)21(37)24(39-18)35-15-31-19-22(28)29-14-30-23(19)35/h7-10,14-15,18,20-21,24,36-37H,11-13H2,1-6H3,(H2,28,29,30)(H2,32,33,38)/t18-,20+,21-,24-/m1/s1. The Labute approximate surface area is 228 Å². The molecule has 3 heterocycles. The van der Waals surface area contributed by atoms with Crippen LogP contribution in [0.25, 0.3) is 11.2 Å². The number of ether oxygens (including phenoxy) is 1. The largest absolute Gasteiger partial charge is 0.387 e. The molecule has 1 fully saturated rings. The van der Waals surface area contributed by atoms with Crippen molar-refractivity contribution in [3.63, 3.8) is 0 Å². The molecule has 0 radical (unpaired) electrons. The molecule has 212 valence electrons. The number of nitrogens with zero attached hydrogens (tertiary/aromatic N) is 5. The van der Waals surface area contributed by atoms with Gasteiger partial charge in [0.15, 0.2) is 17.7 Å². The predicted molar refractivity (Wildman–Crippen MR) is 149 cm³/mol. The Balaban J connectivity index is 1.28. The Morgan fingerprint density at radius 2 is 1.79 bits per heavy atom. The molecular weight excluding hydrogens is 500 g/mol. The van der Waals surface area contributed by atoms with Crippen molar-refractivity contribution in [3.8, 4) is 0 Å². The van der Waals surface area contributed by atoms with E-state index in [1.54, 1.807) is 4.57 Å². The third-order valence-electron chi connectivity index (χ3n) is 7.07. The van der Waals surface area contributed by atoms with Crippen LogP contribution in [0.15, 0.2) is 36.9 Å². The molecule has 0 spiro atoms. The zero-order chi connectivity index (χ0) is 28.5. The number of imidazole rings is 1. The van der Waals surface area contributed by atoms with Crippen molar-refractivity contribution in [2.45, 2.75) is 76.5 Å². The van der Waals surface area contributed by atoms with Gasteiger partial charge in [-0.1, -0.05) is 32.9 Å². The van der Waals surface area contributed by atoms with E-state index in [0.717, 1.165) is 5.69 Å². The first-order valence-electron chi connectivity index (χ1n) is 13.1. The number of amides is 2. The maximum Gasteiger partial charge on any atom is 0.319 e. The van der Waals surface area contributed by atoms with Crippen LogP contribution in [0.2, 0.25) is 0 Å². The molecule has 3 aromatic rings. The van der Waals surface area contributed by atoms with Gasteiger partial charge in [-0.3, -0.25) is 4.57 Å². The van der Waals surface area contributed by atoms with E-state index in [1.165, 1.54) is 18.2 Å². The molecule has 4 rings (SSSR count). The SMILES string of the molecule is CN(CCC(C)(C)NC(=O)Nc1ccc(C(C)(C)C)cc1)C[C@H]1O[C@@H](n2cnc3c(N)ncnc32)[C@H](O)[C@H]1O. The average Bonchev–Trinajstić information content (AvgIpc) is 3.40. The molecule has 4 atom stereocenters. The molecule has 39 heavy (non-hydrogen) atoms. The van der Waals surface area contributed by atoms with E-state index in [9.17, 15) is 15.0 Å². The lowest BCUT2D eigenvalue weighted by Crippen LogP contribution is -2.48. The Bertz CT molecular complexity index is 1290. The van der Waals surface area contributed by atoms with Crippen molar-refractivity contribution < 1.29 is 19.7 Å². The van der Waals surface area contributed by atoms with E-state index in [2.05, 4.69) is 46.4 Å². The first-order chi connectivity index (χ1) is 18.2. The molecule has 12 nitrogen and oxygen atoms in total. The van der Waals surface area contributed by atoms with Crippen LogP contribution in [-0.4, -0.2) is 84.7 Å². The van der Waals surface area contributed by atoms with Gasteiger partial charge in [0.2, 0.25) is 0 Å². The molecule has 1 aliphatic heterocycles. The van der Waals surface area contributed by atoms with Crippen LogP contribution in [0, 0.1) is 0 Å². The minimum absolute atomic E-state index is 0.0464. The molecule has 6 N–H and O–H groups in total. The third kappa shape index (κ3) is 6.64. The summed E-state index contributed by atoms with van der Waals surface area (Å²) < 4.78 is 7.60. The van der Waals surface area contributed by atoms with E-state index < -0.39 is 30.1 Å². The number of likely N-dealkylation sites (N-methyl/N-ethyl adjacent to an activating group) is 1. The molecule has 0 aliphatic carbocycles. The van der Waals surface area contributed by atoms with Crippen molar-refractivity contribution in [1.29, 1.82) is 0 Å². The van der Waals surface area contributed by atoms with Gasteiger partial charge in [0, 0.05) is 24.3 Å². The summed E-state index contributed by atoms with van der Waals surface area (Å²) in [7, 11) is 1.91. The molecule has 2 amide bonds. The average molecular weight is 541 g/mol. The number of benzene rings is 1. The van der Waals surface area contributed by atoms with Crippen LogP contribution in [0.4, 0.5) is 16.3 Å². The molecule has 2 aromatic heterocycles. The predicted octanol–water partition coefficient (Wildman–Crippen LogP) is 2.25. The summed E-state index contributed by atoms with van der Waals surface area (Å²) in [5.41, 5.74) is 8.18. The number of hydrogen-bond acceptors (Lipinski definition) is 9. The summed E-state index contributed by atoms with van der Waals surface area (Å²) in [6.45, 7) is 11.4. The first-order valence-corrected chi connectivity index (χ1v) is 13.1. The monoisotopic (exact) mass is 540 g/mol.